The van der Waals surface area contributed by atoms with E-state index in [0.717, 1.165) is 5.56 Å². The summed E-state index contributed by atoms with van der Waals surface area (Å²) in [6.45, 7) is 0.625. The molecule has 26 heavy (non-hydrogen) atoms. The Kier molecular flexibility index (Phi) is 5.71. The first kappa shape index (κ1) is 17.8. The quantitative estimate of drug-likeness (QED) is 0.668. The fourth-order valence-electron chi connectivity index (χ4n) is 2.33. The normalized spacial score (nSPS) is 10.2. The number of halogens is 1. The second-order valence-electron chi connectivity index (χ2n) is 5.60. The number of nitrogens with one attached hydrogen (secondary N) is 2. The smallest absolute Gasteiger partial charge is 0.257 e. The average molecular weight is 368 g/mol. The van der Waals surface area contributed by atoms with Gasteiger partial charge in [0.05, 0.1) is 12.7 Å². The third-order valence-electron chi connectivity index (χ3n) is 3.74. The number of anilines is 2. The monoisotopic (exact) mass is 367 g/mol. The molecule has 0 saturated heterocycles. The van der Waals surface area contributed by atoms with E-state index in [2.05, 4.69) is 15.6 Å². The van der Waals surface area contributed by atoms with E-state index in [1.807, 2.05) is 36.4 Å². The van der Waals surface area contributed by atoms with Crippen molar-refractivity contribution in [3.05, 3.63) is 83.0 Å². The molecule has 0 spiro atoms. The molecule has 0 bridgehead atoms. The molecule has 0 aliphatic rings. The number of hydrogen-bond donors (Lipinski definition) is 2. The van der Waals surface area contributed by atoms with Crippen LogP contribution in [0.4, 0.5) is 11.5 Å². The van der Waals surface area contributed by atoms with Crippen molar-refractivity contribution in [2.75, 3.05) is 17.7 Å². The van der Waals surface area contributed by atoms with Crippen LogP contribution in [-0.2, 0) is 6.54 Å². The minimum absolute atomic E-state index is 0.227. The van der Waals surface area contributed by atoms with Gasteiger partial charge in [0.2, 0.25) is 0 Å². The van der Waals surface area contributed by atoms with E-state index < -0.39 is 0 Å². The van der Waals surface area contributed by atoms with Crippen molar-refractivity contribution in [3.63, 3.8) is 0 Å². The molecule has 2 N–H and O–H groups in total. The molecule has 0 atom stereocenters. The zero-order chi connectivity index (χ0) is 18.4. The lowest BCUT2D eigenvalue weighted by molar-refractivity contribution is 0.102. The van der Waals surface area contributed by atoms with Gasteiger partial charge in [0.25, 0.3) is 5.91 Å². The van der Waals surface area contributed by atoms with Crippen molar-refractivity contribution in [1.29, 1.82) is 0 Å². The summed E-state index contributed by atoms with van der Waals surface area (Å²) >= 11 is 5.87. The van der Waals surface area contributed by atoms with Crippen LogP contribution in [0, 0.1) is 0 Å². The van der Waals surface area contributed by atoms with Crippen molar-refractivity contribution in [3.8, 4) is 5.75 Å². The molecule has 0 fully saturated rings. The molecule has 3 aromatic rings. The number of pyridine rings is 1. The summed E-state index contributed by atoms with van der Waals surface area (Å²) in [7, 11) is 1.58. The van der Waals surface area contributed by atoms with Crippen LogP contribution in [0.3, 0.4) is 0 Å². The van der Waals surface area contributed by atoms with Crippen LogP contribution in [0.25, 0.3) is 0 Å². The van der Waals surface area contributed by atoms with Crippen LogP contribution in [-0.4, -0.2) is 18.0 Å². The third-order valence-corrected chi connectivity index (χ3v) is 3.99. The van der Waals surface area contributed by atoms with E-state index in [1.54, 1.807) is 37.6 Å². The van der Waals surface area contributed by atoms with Gasteiger partial charge in [-0.2, -0.15) is 0 Å². The number of aromatic nitrogens is 1. The molecule has 3 rings (SSSR count). The van der Waals surface area contributed by atoms with E-state index >= 15 is 0 Å². The molecule has 5 nitrogen and oxygen atoms in total. The van der Waals surface area contributed by atoms with Crippen molar-refractivity contribution in [2.45, 2.75) is 6.54 Å². The molecule has 1 heterocycles. The summed E-state index contributed by atoms with van der Waals surface area (Å²) < 4.78 is 5.15. The lowest BCUT2D eigenvalue weighted by Gasteiger charge is -2.08. The third kappa shape index (κ3) is 4.74. The van der Waals surface area contributed by atoms with Crippen molar-refractivity contribution >= 4 is 29.0 Å². The predicted octanol–water partition coefficient (Wildman–Crippen LogP) is 4.61. The zero-order valence-electron chi connectivity index (χ0n) is 14.2. The van der Waals surface area contributed by atoms with E-state index in [1.165, 1.54) is 0 Å². The fraction of sp³-hybridized carbons (Fsp3) is 0.100. The minimum atomic E-state index is -0.227. The number of carbonyl (C=O) groups excluding carboxylic acids is 1. The van der Waals surface area contributed by atoms with Gasteiger partial charge in [0, 0.05) is 29.5 Å². The minimum Gasteiger partial charge on any atom is -0.497 e. The summed E-state index contributed by atoms with van der Waals surface area (Å²) in [4.78, 5) is 16.6. The van der Waals surface area contributed by atoms with E-state index in [9.17, 15) is 4.79 Å². The molecule has 0 aliphatic carbocycles. The SMILES string of the molecule is COc1cccc(NC(=O)c2ccc(NCc3ccc(Cl)cc3)nc2)c1. The van der Waals surface area contributed by atoms with Gasteiger partial charge in [-0.1, -0.05) is 29.8 Å². The van der Waals surface area contributed by atoms with E-state index in [0.29, 0.717) is 34.4 Å². The highest BCUT2D eigenvalue weighted by molar-refractivity contribution is 6.30. The Morgan fingerprint density at radius 3 is 2.62 bits per heavy atom. The summed E-state index contributed by atoms with van der Waals surface area (Å²) in [6.07, 6.45) is 1.54. The van der Waals surface area contributed by atoms with Gasteiger partial charge in [-0.3, -0.25) is 4.79 Å². The summed E-state index contributed by atoms with van der Waals surface area (Å²) in [6, 6.07) is 18.3. The highest BCUT2D eigenvalue weighted by Crippen LogP contribution is 2.18. The number of methoxy groups -OCH3 is 1. The molecule has 2 aromatic carbocycles. The molecule has 132 valence electrons. The lowest BCUT2D eigenvalue weighted by Crippen LogP contribution is -2.12. The fourth-order valence-corrected chi connectivity index (χ4v) is 2.46. The predicted molar refractivity (Wildman–Crippen MR) is 104 cm³/mol. The molecule has 0 saturated carbocycles. The van der Waals surface area contributed by atoms with Crippen molar-refractivity contribution in [2.24, 2.45) is 0 Å². The maximum atomic E-state index is 12.3. The standard InChI is InChI=1S/C20H18ClN3O2/c1-26-18-4-2-3-17(11-18)24-20(25)15-7-10-19(23-13-15)22-12-14-5-8-16(21)9-6-14/h2-11,13H,12H2,1H3,(H,22,23)(H,24,25). The topological polar surface area (TPSA) is 63.2 Å². The second-order valence-corrected chi connectivity index (χ2v) is 6.03. The molecular formula is C20H18ClN3O2. The first-order valence-electron chi connectivity index (χ1n) is 8.04. The average Bonchev–Trinajstić information content (AvgIpc) is 2.68. The van der Waals surface area contributed by atoms with Crippen LogP contribution in [0.15, 0.2) is 66.9 Å². The maximum absolute atomic E-state index is 12.3. The number of ether oxygens (including phenoxy) is 1. The Balaban J connectivity index is 1.59. The van der Waals surface area contributed by atoms with E-state index in [-0.39, 0.29) is 5.91 Å². The highest BCUT2D eigenvalue weighted by Gasteiger charge is 2.07. The molecule has 1 aromatic heterocycles. The van der Waals surface area contributed by atoms with Crippen molar-refractivity contribution < 1.29 is 9.53 Å². The molecule has 0 radical (unpaired) electrons. The molecular weight excluding hydrogens is 350 g/mol. The van der Waals surface area contributed by atoms with E-state index in [4.69, 9.17) is 16.3 Å². The zero-order valence-corrected chi connectivity index (χ0v) is 15.0. The maximum Gasteiger partial charge on any atom is 0.257 e. The Labute approximate surface area is 157 Å². The second kappa shape index (κ2) is 8.36. The Morgan fingerprint density at radius 2 is 1.92 bits per heavy atom. The van der Waals surface area contributed by atoms with Gasteiger partial charge in [-0.15, -0.1) is 0 Å². The Hall–Kier alpha value is -3.05. The largest absolute Gasteiger partial charge is 0.497 e. The summed E-state index contributed by atoms with van der Waals surface area (Å²) in [5, 5.41) is 6.74. The van der Waals surface area contributed by atoms with Gasteiger partial charge in [0.1, 0.15) is 11.6 Å². The number of amides is 1. The lowest BCUT2D eigenvalue weighted by atomic mass is 10.2. The number of rotatable bonds is 6. The summed E-state index contributed by atoms with van der Waals surface area (Å²) in [5.74, 6) is 1.15. The highest BCUT2D eigenvalue weighted by atomic mass is 35.5. The number of benzene rings is 2. The van der Waals surface area contributed by atoms with Crippen LogP contribution < -0.4 is 15.4 Å². The number of nitrogens with zero attached hydrogens (tertiary/aromatic N) is 1. The molecule has 6 heteroatoms. The first-order chi connectivity index (χ1) is 12.6. The van der Waals surface area contributed by atoms with Crippen LogP contribution in [0.2, 0.25) is 5.02 Å². The Morgan fingerprint density at radius 1 is 1.12 bits per heavy atom. The molecule has 0 aliphatic heterocycles. The van der Waals surface area contributed by atoms with Gasteiger partial charge < -0.3 is 15.4 Å². The number of carbonyl (C=O) groups is 1. The van der Waals surface area contributed by atoms with Gasteiger partial charge in [0.15, 0.2) is 0 Å². The Bertz CT molecular complexity index is 880. The van der Waals surface area contributed by atoms with Crippen LogP contribution in [0.1, 0.15) is 15.9 Å². The summed E-state index contributed by atoms with van der Waals surface area (Å²) in [5.41, 5.74) is 2.24. The van der Waals surface area contributed by atoms with Gasteiger partial charge >= 0.3 is 0 Å². The number of hydrogen-bond acceptors (Lipinski definition) is 4. The van der Waals surface area contributed by atoms with Crippen LogP contribution >= 0.6 is 11.6 Å². The van der Waals surface area contributed by atoms with Gasteiger partial charge in [-0.25, -0.2) is 4.98 Å². The van der Waals surface area contributed by atoms with Crippen LogP contribution in [0.5, 0.6) is 5.75 Å². The van der Waals surface area contributed by atoms with Gasteiger partial charge in [-0.05, 0) is 42.0 Å². The first-order valence-corrected chi connectivity index (χ1v) is 8.41. The molecule has 1 amide bonds. The molecule has 0 unspecified atom stereocenters. The van der Waals surface area contributed by atoms with Crippen molar-refractivity contribution in [1.82, 2.24) is 4.98 Å².